The van der Waals surface area contributed by atoms with Gasteiger partial charge < -0.3 is 5.73 Å². The molecule has 0 saturated carbocycles. The Hall–Kier alpha value is -2.58. The molecule has 0 aromatic heterocycles. The average molecular weight is 509 g/mol. The van der Waals surface area contributed by atoms with Gasteiger partial charge in [0.25, 0.3) is 15.8 Å². The summed E-state index contributed by atoms with van der Waals surface area (Å²) < 4.78 is 29.8. The molecule has 156 valence electrons. The average Bonchev–Trinajstić information content (AvgIpc) is 2.64. The number of hydrogen-bond acceptors (Lipinski definition) is 7. The van der Waals surface area contributed by atoms with Crippen LogP contribution >= 0.6 is 27.5 Å². The minimum atomic E-state index is -4.02. The van der Waals surface area contributed by atoms with Gasteiger partial charge in [-0.2, -0.15) is 13.5 Å². The van der Waals surface area contributed by atoms with Crippen LogP contribution in [0.4, 0.5) is 5.69 Å². The fourth-order valence-electron chi connectivity index (χ4n) is 1.71. The van der Waals surface area contributed by atoms with Crippen molar-refractivity contribution >= 4 is 55.5 Å². The fourth-order valence-corrected chi connectivity index (χ4v) is 2.89. The fraction of sp³-hybridized carbons (Fsp3) is 0.0667. The van der Waals surface area contributed by atoms with Gasteiger partial charge in [0.05, 0.1) is 16.0 Å². The molecule has 0 bridgehead atoms. The van der Waals surface area contributed by atoms with Gasteiger partial charge in [-0.25, -0.2) is 5.48 Å². The summed E-state index contributed by atoms with van der Waals surface area (Å²) in [7, 11) is -4.02. The highest BCUT2D eigenvalue weighted by Gasteiger charge is 2.16. The normalized spacial score (nSPS) is 11.7. The monoisotopic (exact) mass is 507 g/mol. The molecule has 2 aromatic rings. The molecule has 0 amide bonds. The van der Waals surface area contributed by atoms with Crippen LogP contribution in [0, 0.1) is 17.0 Å². The van der Waals surface area contributed by atoms with Gasteiger partial charge in [-0.1, -0.05) is 29.3 Å². The smallest absolute Gasteiger partial charge is 0.294 e. The van der Waals surface area contributed by atoms with Gasteiger partial charge in [-0.05, 0) is 41.1 Å². The van der Waals surface area contributed by atoms with Gasteiger partial charge in [-0.15, -0.1) is 5.10 Å². The summed E-state index contributed by atoms with van der Waals surface area (Å²) in [5.41, 5.74) is 7.80. The third-order valence-electron chi connectivity index (χ3n) is 3.04. The minimum absolute atomic E-state index is 0.0666. The molecule has 2 aromatic carbocycles. The number of nitrogens with two attached hydrogens (primary N) is 1. The van der Waals surface area contributed by atoms with Gasteiger partial charge in [0.15, 0.2) is 0 Å². The Bertz CT molecular complexity index is 1040. The maximum Gasteiger partial charge on any atom is 0.294 e. The maximum atomic E-state index is 10.7. The third-order valence-corrected chi connectivity index (χ3v) is 4.99. The van der Waals surface area contributed by atoms with E-state index in [1.165, 1.54) is 30.5 Å². The van der Waals surface area contributed by atoms with E-state index < -0.39 is 15.0 Å². The first-order valence-corrected chi connectivity index (χ1v) is 10.0. The molecule has 0 atom stereocenters. The predicted octanol–water partition coefficient (Wildman–Crippen LogP) is 2.88. The Kier molecular flexibility index (Phi) is 9.13. The van der Waals surface area contributed by atoms with Gasteiger partial charge in [-0.3, -0.25) is 19.9 Å². The quantitative estimate of drug-likeness (QED) is 0.160. The Morgan fingerprint density at radius 3 is 2.41 bits per heavy atom. The van der Waals surface area contributed by atoms with Crippen molar-refractivity contribution in [3.63, 3.8) is 0 Å². The van der Waals surface area contributed by atoms with Crippen molar-refractivity contribution in [3.05, 3.63) is 67.1 Å². The summed E-state index contributed by atoms with van der Waals surface area (Å²) in [4.78, 5) is 10.1. The summed E-state index contributed by atoms with van der Waals surface area (Å²) in [5, 5.41) is 26.1. The number of nitrogens with zero attached hydrogens (tertiary/aromatic N) is 3. The lowest BCUT2D eigenvalue weighted by Crippen LogP contribution is -2.27. The molecule has 0 radical (unpaired) electrons. The largest absolute Gasteiger partial charge is 0.367 e. The number of benzene rings is 2. The molecule has 5 N–H and O–H groups in total. The van der Waals surface area contributed by atoms with Crippen LogP contribution < -0.4 is 11.2 Å². The van der Waals surface area contributed by atoms with Crippen LogP contribution in [0.3, 0.4) is 0 Å². The number of nitrogens with one attached hydrogen (secondary N) is 1. The van der Waals surface area contributed by atoms with Crippen LogP contribution in [-0.2, 0) is 10.1 Å². The highest BCUT2D eigenvalue weighted by molar-refractivity contribution is 9.10. The molecule has 0 saturated heterocycles. The summed E-state index contributed by atoms with van der Waals surface area (Å²) >= 11 is 8.80. The first-order chi connectivity index (χ1) is 13.5. The second-order valence-electron chi connectivity index (χ2n) is 5.21. The molecule has 29 heavy (non-hydrogen) atoms. The number of halogens is 2. The van der Waals surface area contributed by atoms with Crippen molar-refractivity contribution in [2.75, 3.05) is 0 Å². The molecular weight excluding hydrogens is 494 g/mol. The second kappa shape index (κ2) is 10.8. The zero-order valence-corrected chi connectivity index (χ0v) is 17.8. The van der Waals surface area contributed by atoms with Gasteiger partial charge in [0.1, 0.15) is 4.47 Å². The van der Waals surface area contributed by atoms with E-state index in [2.05, 4.69) is 26.1 Å². The first kappa shape index (κ1) is 24.5. The lowest BCUT2D eigenvalue weighted by Gasteiger charge is -2.00. The van der Waals surface area contributed by atoms with Crippen LogP contribution in [0.2, 0.25) is 5.02 Å². The third kappa shape index (κ3) is 8.13. The first-order valence-electron chi connectivity index (χ1n) is 7.40. The van der Waals surface area contributed by atoms with Crippen molar-refractivity contribution < 1.29 is 23.1 Å². The van der Waals surface area contributed by atoms with Crippen LogP contribution in [0.1, 0.15) is 11.1 Å². The standard InChI is InChI=1S/C8H7BrClN5O3.C7H8O3S/c9-7-4(3-12-13-8(11)14-16)1-5(10)2-6(7)15(17)18;1-6-2-4-7(5-3-6)11(8,9)10/h1-3,16H,(H3,11,13,14);2-5H,1H3,(H,8,9,10)/b12-3+;. The molecule has 0 aliphatic rings. The minimum Gasteiger partial charge on any atom is -0.367 e. The van der Waals surface area contributed by atoms with Crippen LogP contribution in [0.5, 0.6) is 0 Å². The Balaban J connectivity index is 0.000000326. The van der Waals surface area contributed by atoms with Crippen LogP contribution in [0.25, 0.3) is 0 Å². The molecule has 0 fully saturated rings. The summed E-state index contributed by atoms with van der Waals surface area (Å²) in [5.74, 6) is -0.320. The van der Waals surface area contributed by atoms with Crippen molar-refractivity contribution in [2.45, 2.75) is 11.8 Å². The van der Waals surface area contributed by atoms with E-state index in [-0.39, 0.29) is 26.0 Å². The number of guanidine groups is 1. The topological polar surface area (TPSA) is 181 Å². The lowest BCUT2D eigenvalue weighted by atomic mass is 10.2. The molecule has 14 heteroatoms. The summed E-state index contributed by atoms with van der Waals surface area (Å²) in [6, 6.07) is 8.65. The van der Waals surface area contributed by atoms with Gasteiger partial charge >= 0.3 is 0 Å². The van der Waals surface area contributed by atoms with Crippen molar-refractivity contribution in [1.82, 2.24) is 5.48 Å². The summed E-state index contributed by atoms with van der Waals surface area (Å²) in [6.07, 6.45) is 1.20. The highest BCUT2D eigenvalue weighted by atomic mass is 79.9. The van der Waals surface area contributed by atoms with E-state index in [0.717, 1.165) is 5.56 Å². The number of nitro benzene ring substituents is 1. The van der Waals surface area contributed by atoms with Crippen LogP contribution in [-0.4, -0.2) is 35.3 Å². The van der Waals surface area contributed by atoms with Gasteiger partial charge in [0.2, 0.25) is 5.96 Å². The van der Waals surface area contributed by atoms with Crippen molar-refractivity contribution in [1.29, 1.82) is 0 Å². The lowest BCUT2D eigenvalue weighted by molar-refractivity contribution is -0.385. The molecule has 0 aliphatic heterocycles. The molecule has 11 nitrogen and oxygen atoms in total. The maximum absolute atomic E-state index is 10.7. The molecular formula is C15H15BrClN5O6S. The van der Waals surface area contributed by atoms with E-state index >= 15 is 0 Å². The Morgan fingerprint density at radius 2 is 1.93 bits per heavy atom. The molecule has 0 spiro atoms. The number of rotatable bonds is 4. The molecule has 0 unspecified atom stereocenters. The van der Waals surface area contributed by atoms with E-state index in [1.807, 2.05) is 6.92 Å². The van der Waals surface area contributed by atoms with Crippen molar-refractivity contribution in [3.8, 4) is 0 Å². The van der Waals surface area contributed by atoms with Gasteiger partial charge in [0, 0.05) is 16.7 Å². The Morgan fingerprint density at radius 1 is 1.34 bits per heavy atom. The van der Waals surface area contributed by atoms with Crippen molar-refractivity contribution in [2.24, 2.45) is 15.9 Å². The zero-order valence-electron chi connectivity index (χ0n) is 14.7. The number of aryl methyl sites for hydroxylation is 1. The van der Waals surface area contributed by atoms with E-state index in [1.54, 1.807) is 17.6 Å². The van der Waals surface area contributed by atoms with E-state index in [0.29, 0.717) is 5.56 Å². The predicted molar refractivity (Wildman–Crippen MR) is 111 cm³/mol. The SMILES string of the molecule is Cc1ccc(S(=O)(=O)O)cc1.N/C(=N/N=C/c1cc(Cl)cc([N+](=O)[O-])c1Br)NO. The molecule has 0 aliphatic carbocycles. The number of nitro groups is 1. The molecule has 2 rings (SSSR count). The van der Waals surface area contributed by atoms with Crippen LogP contribution in [0.15, 0.2) is 56.0 Å². The second-order valence-corrected chi connectivity index (χ2v) is 7.87. The highest BCUT2D eigenvalue weighted by Crippen LogP contribution is 2.31. The summed E-state index contributed by atoms with van der Waals surface area (Å²) in [6.45, 7) is 1.84. The Labute approximate surface area is 178 Å². The molecule has 0 heterocycles. The zero-order chi connectivity index (χ0) is 22.2. The van der Waals surface area contributed by atoms with E-state index in [4.69, 9.17) is 27.1 Å². The number of hydroxylamine groups is 1. The number of hydrogen-bond donors (Lipinski definition) is 4. The van der Waals surface area contributed by atoms with E-state index in [9.17, 15) is 18.5 Å².